The minimum absolute atomic E-state index is 0. The molecule has 1 saturated heterocycles. The average Bonchev–Trinajstić information content (AvgIpc) is 3.30. The summed E-state index contributed by atoms with van der Waals surface area (Å²) in [5, 5.41) is 13.0. The van der Waals surface area contributed by atoms with Gasteiger partial charge in [-0.15, -0.1) is 23.7 Å². The van der Waals surface area contributed by atoms with Gasteiger partial charge < -0.3 is 21.1 Å². The van der Waals surface area contributed by atoms with Gasteiger partial charge in [-0.1, -0.05) is 45.0 Å². The zero-order chi connectivity index (χ0) is 22.8. The molecule has 9 heteroatoms. The number of nitrogens with two attached hydrogens (primary N) is 1. The first kappa shape index (κ1) is 26.3. The summed E-state index contributed by atoms with van der Waals surface area (Å²) in [5.74, 6) is -0.362. The predicted molar refractivity (Wildman–Crippen MR) is 130 cm³/mol. The molecular weight excluding hydrogens is 448 g/mol. The number of carbonyl (C=O) groups is 2. The molecular formula is C23H33ClN4O3S. The highest BCUT2D eigenvalue weighted by molar-refractivity contribution is 7.13. The predicted octanol–water partition coefficient (Wildman–Crippen LogP) is 2.88. The maximum atomic E-state index is 12.8. The van der Waals surface area contributed by atoms with Gasteiger partial charge in [-0.05, 0) is 29.9 Å². The summed E-state index contributed by atoms with van der Waals surface area (Å²) >= 11 is 1.61. The van der Waals surface area contributed by atoms with Crippen LogP contribution in [0.4, 0.5) is 0 Å². The number of benzene rings is 1. The van der Waals surface area contributed by atoms with Crippen molar-refractivity contribution in [1.82, 2.24) is 15.2 Å². The second-order valence-corrected chi connectivity index (χ2v) is 10.2. The standard InChI is InChI=1S/C23H32N4O3S.ClH/c1-14-20(31-13-26-14)16-7-5-15(6-8-16)11-25-19(29)10-17-9-18(28)12-27(17)22(30)21(24)23(2,3)4;/h5-8,13,17-18,21,28H,9-12,24H2,1-4H3,(H,25,29);1H/t17-,18-,21-;/m1./s1. The van der Waals surface area contributed by atoms with Crippen molar-refractivity contribution in [2.24, 2.45) is 11.1 Å². The number of carbonyl (C=O) groups excluding carboxylic acids is 2. The number of aliphatic hydroxyl groups excluding tert-OH is 1. The molecule has 1 aromatic heterocycles. The molecule has 7 nitrogen and oxygen atoms in total. The first-order chi connectivity index (χ1) is 14.6. The minimum atomic E-state index is -0.677. The van der Waals surface area contributed by atoms with E-state index < -0.39 is 12.1 Å². The van der Waals surface area contributed by atoms with E-state index in [2.05, 4.69) is 10.3 Å². The molecule has 3 atom stereocenters. The van der Waals surface area contributed by atoms with Gasteiger partial charge in [0.1, 0.15) is 0 Å². The van der Waals surface area contributed by atoms with Crippen LogP contribution in [0.3, 0.4) is 0 Å². The lowest BCUT2D eigenvalue weighted by molar-refractivity contribution is -0.136. The molecule has 4 N–H and O–H groups in total. The first-order valence-corrected chi connectivity index (χ1v) is 11.4. The number of amides is 2. The quantitative estimate of drug-likeness (QED) is 0.589. The third-order valence-electron chi connectivity index (χ3n) is 5.75. The van der Waals surface area contributed by atoms with Crippen molar-refractivity contribution < 1.29 is 14.7 Å². The van der Waals surface area contributed by atoms with Crippen LogP contribution < -0.4 is 11.1 Å². The SMILES string of the molecule is Cc1ncsc1-c1ccc(CNC(=O)C[C@H]2C[C@@H](O)CN2C(=O)[C@@H](N)C(C)(C)C)cc1.Cl. The molecule has 32 heavy (non-hydrogen) atoms. The van der Waals surface area contributed by atoms with Crippen LogP contribution in [0.2, 0.25) is 0 Å². The number of β-amino-alcohol motifs (C(OH)–C–C–N with tert-alkyl or cyclic N) is 1. The highest BCUT2D eigenvalue weighted by atomic mass is 35.5. The molecule has 2 heterocycles. The van der Waals surface area contributed by atoms with E-state index in [4.69, 9.17) is 5.73 Å². The first-order valence-electron chi connectivity index (χ1n) is 10.6. The lowest BCUT2D eigenvalue weighted by Crippen LogP contribution is -2.52. The van der Waals surface area contributed by atoms with E-state index >= 15 is 0 Å². The van der Waals surface area contributed by atoms with Crippen LogP contribution in [0.5, 0.6) is 0 Å². The Hall–Kier alpha value is -2.00. The third kappa shape index (κ3) is 6.28. The zero-order valence-corrected chi connectivity index (χ0v) is 20.6. The molecule has 0 spiro atoms. The molecule has 1 fully saturated rings. The Kier molecular flexibility index (Phi) is 8.82. The lowest BCUT2D eigenvalue weighted by atomic mass is 9.86. The van der Waals surface area contributed by atoms with E-state index in [9.17, 15) is 14.7 Å². The molecule has 3 rings (SSSR count). The summed E-state index contributed by atoms with van der Waals surface area (Å²) in [4.78, 5) is 32.4. The monoisotopic (exact) mass is 480 g/mol. The summed E-state index contributed by atoms with van der Waals surface area (Å²) in [6, 6.07) is 7.03. The number of aromatic nitrogens is 1. The molecule has 2 amide bonds. The number of hydrogen-bond acceptors (Lipinski definition) is 6. The summed E-state index contributed by atoms with van der Waals surface area (Å²) in [7, 11) is 0. The van der Waals surface area contributed by atoms with E-state index in [-0.39, 0.29) is 48.6 Å². The Bertz CT molecular complexity index is 926. The Morgan fingerprint density at radius 3 is 2.53 bits per heavy atom. The fourth-order valence-electron chi connectivity index (χ4n) is 3.74. The van der Waals surface area contributed by atoms with Crippen molar-refractivity contribution in [3.05, 3.63) is 41.0 Å². The molecule has 1 aliphatic heterocycles. The fourth-order valence-corrected chi connectivity index (χ4v) is 4.56. The number of halogens is 1. The van der Waals surface area contributed by atoms with E-state index in [1.54, 1.807) is 16.2 Å². The zero-order valence-electron chi connectivity index (χ0n) is 19.0. The number of rotatable bonds is 6. The largest absolute Gasteiger partial charge is 0.391 e. The number of hydrogen-bond donors (Lipinski definition) is 3. The van der Waals surface area contributed by atoms with Crippen molar-refractivity contribution in [3.8, 4) is 10.4 Å². The molecule has 0 unspecified atom stereocenters. The maximum absolute atomic E-state index is 12.8. The van der Waals surface area contributed by atoms with Gasteiger partial charge in [-0.2, -0.15) is 0 Å². The Morgan fingerprint density at radius 1 is 1.31 bits per heavy atom. The van der Waals surface area contributed by atoms with Crippen molar-refractivity contribution >= 4 is 35.6 Å². The highest BCUT2D eigenvalue weighted by Crippen LogP contribution is 2.28. The van der Waals surface area contributed by atoms with E-state index in [0.29, 0.717) is 13.0 Å². The van der Waals surface area contributed by atoms with Gasteiger partial charge in [0.2, 0.25) is 11.8 Å². The van der Waals surface area contributed by atoms with Gasteiger partial charge in [-0.3, -0.25) is 9.59 Å². The van der Waals surface area contributed by atoms with E-state index in [0.717, 1.165) is 21.7 Å². The molecule has 1 aliphatic rings. The van der Waals surface area contributed by atoms with Crippen molar-refractivity contribution in [1.29, 1.82) is 0 Å². The van der Waals surface area contributed by atoms with Gasteiger partial charge in [0, 0.05) is 25.6 Å². The Balaban J connectivity index is 0.00000363. The highest BCUT2D eigenvalue weighted by Gasteiger charge is 2.40. The van der Waals surface area contributed by atoms with Crippen molar-refractivity contribution in [2.75, 3.05) is 6.54 Å². The van der Waals surface area contributed by atoms with Gasteiger partial charge in [-0.25, -0.2) is 4.98 Å². The number of thiazole rings is 1. The van der Waals surface area contributed by atoms with Crippen LogP contribution in [-0.2, 0) is 16.1 Å². The molecule has 2 aromatic rings. The van der Waals surface area contributed by atoms with Crippen LogP contribution in [0.1, 0.15) is 44.9 Å². The Labute approximate surface area is 199 Å². The fraction of sp³-hybridized carbons (Fsp3) is 0.522. The molecule has 0 radical (unpaired) electrons. The molecule has 1 aromatic carbocycles. The summed E-state index contributed by atoms with van der Waals surface area (Å²) in [5.41, 5.74) is 10.7. The number of nitrogens with one attached hydrogen (secondary N) is 1. The van der Waals surface area contributed by atoms with Crippen molar-refractivity contribution in [2.45, 2.75) is 65.3 Å². The van der Waals surface area contributed by atoms with Crippen LogP contribution >= 0.6 is 23.7 Å². The van der Waals surface area contributed by atoms with Crippen LogP contribution in [0.15, 0.2) is 29.8 Å². The van der Waals surface area contributed by atoms with Crippen molar-refractivity contribution in [3.63, 3.8) is 0 Å². The Morgan fingerprint density at radius 2 is 1.97 bits per heavy atom. The van der Waals surface area contributed by atoms with Gasteiger partial charge in [0.05, 0.1) is 28.2 Å². The minimum Gasteiger partial charge on any atom is -0.391 e. The van der Waals surface area contributed by atoms with Gasteiger partial charge in [0.25, 0.3) is 0 Å². The van der Waals surface area contributed by atoms with E-state index in [1.807, 2.05) is 57.5 Å². The molecule has 0 saturated carbocycles. The molecule has 0 aliphatic carbocycles. The summed E-state index contributed by atoms with van der Waals surface area (Å²) < 4.78 is 0. The smallest absolute Gasteiger partial charge is 0.240 e. The van der Waals surface area contributed by atoms with Gasteiger partial charge in [0.15, 0.2) is 0 Å². The number of aryl methyl sites for hydroxylation is 1. The van der Waals surface area contributed by atoms with Crippen LogP contribution in [-0.4, -0.2) is 51.5 Å². The van der Waals surface area contributed by atoms with Crippen LogP contribution in [0, 0.1) is 12.3 Å². The second-order valence-electron chi connectivity index (χ2n) is 9.32. The van der Waals surface area contributed by atoms with E-state index in [1.165, 1.54) is 0 Å². The molecule has 176 valence electrons. The maximum Gasteiger partial charge on any atom is 0.240 e. The lowest BCUT2D eigenvalue weighted by Gasteiger charge is -2.32. The topological polar surface area (TPSA) is 109 Å². The second kappa shape index (κ2) is 10.7. The summed E-state index contributed by atoms with van der Waals surface area (Å²) in [6.45, 7) is 8.34. The number of aliphatic hydroxyl groups is 1. The summed E-state index contributed by atoms with van der Waals surface area (Å²) in [6.07, 6.45) is -0.0897. The average molecular weight is 481 g/mol. The van der Waals surface area contributed by atoms with Gasteiger partial charge >= 0.3 is 0 Å². The normalized spacial score (nSPS) is 19.4. The third-order valence-corrected chi connectivity index (χ3v) is 6.72. The van der Waals surface area contributed by atoms with Crippen LogP contribution in [0.25, 0.3) is 10.4 Å². The molecule has 0 bridgehead atoms. The number of likely N-dealkylation sites (tertiary alicyclic amines) is 1. The number of nitrogens with zero attached hydrogens (tertiary/aromatic N) is 2.